The fraction of sp³-hybridized carbons (Fsp3) is 0.227. The van der Waals surface area contributed by atoms with Gasteiger partial charge in [0.1, 0.15) is 0 Å². The van der Waals surface area contributed by atoms with Crippen LogP contribution in [0.4, 0.5) is 17.1 Å². The monoisotopic (exact) mass is 392 g/mol. The molecule has 2 N–H and O–H groups in total. The lowest BCUT2D eigenvalue weighted by Gasteiger charge is -2.14. The highest BCUT2D eigenvalue weighted by atomic mass is 32.2. The summed E-state index contributed by atoms with van der Waals surface area (Å²) in [5.74, 6) is -0.0324. The van der Waals surface area contributed by atoms with Gasteiger partial charge < -0.3 is 10.6 Å². The number of thioether (sulfide) groups is 1. The lowest BCUT2D eigenvalue weighted by molar-refractivity contribution is -0.116. The van der Waals surface area contributed by atoms with Crippen molar-refractivity contribution < 1.29 is 4.79 Å². The molecular weight excluding hydrogens is 368 g/mol. The predicted octanol–water partition coefficient (Wildman–Crippen LogP) is 5.13. The van der Waals surface area contributed by atoms with E-state index in [1.54, 1.807) is 0 Å². The van der Waals surface area contributed by atoms with Crippen LogP contribution >= 0.6 is 11.8 Å². The molecule has 1 heterocycles. The maximum atomic E-state index is 12.6. The summed E-state index contributed by atoms with van der Waals surface area (Å²) >= 11 is 1.53. The molecule has 2 aromatic carbocycles. The molecule has 0 aliphatic rings. The third kappa shape index (κ3) is 5.10. The molecule has 0 spiro atoms. The zero-order valence-electron chi connectivity index (χ0n) is 16.3. The second kappa shape index (κ2) is 9.37. The van der Waals surface area contributed by atoms with Gasteiger partial charge in [0.05, 0.1) is 11.4 Å². The van der Waals surface area contributed by atoms with Gasteiger partial charge >= 0.3 is 0 Å². The molecule has 0 fully saturated rings. The fourth-order valence-electron chi connectivity index (χ4n) is 2.99. The van der Waals surface area contributed by atoms with Gasteiger partial charge in [-0.05, 0) is 56.4 Å². The van der Waals surface area contributed by atoms with Crippen LogP contribution in [-0.2, 0) is 11.2 Å². The first-order valence-corrected chi connectivity index (χ1v) is 10.4. The van der Waals surface area contributed by atoms with Crippen molar-refractivity contribution in [1.29, 1.82) is 0 Å². The van der Waals surface area contributed by atoms with Gasteiger partial charge in [0.15, 0.2) is 5.16 Å². The number of aromatic nitrogens is 2. The van der Waals surface area contributed by atoms with Gasteiger partial charge in [-0.15, -0.1) is 0 Å². The Balaban J connectivity index is 1.66. The third-order valence-corrected chi connectivity index (χ3v) is 4.99. The molecule has 6 heteroatoms. The largest absolute Gasteiger partial charge is 0.354 e. The average molecular weight is 393 g/mol. The molecule has 3 rings (SSSR count). The van der Waals surface area contributed by atoms with E-state index in [0.29, 0.717) is 12.8 Å². The van der Waals surface area contributed by atoms with Crippen molar-refractivity contribution in [3.63, 3.8) is 0 Å². The summed E-state index contributed by atoms with van der Waals surface area (Å²) in [4.78, 5) is 21.5. The van der Waals surface area contributed by atoms with Gasteiger partial charge in [-0.25, -0.2) is 9.97 Å². The van der Waals surface area contributed by atoms with E-state index in [0.717, 1.165) is 39.2 Å². The molecule has 0 unspecified atom stereocenters. The number of rotatable bonds is 7. The minimum absolute atomic E-state index is 0.0324. The summed E-state index contributed by atoms with van der Waals surface area (Å²) in [6.07, 6.45) is 2.96. The molecule has 0 saturated heterocycles. The molecule has 0 saturated carbocycles. The number of carbonyl (C=O) groups is 1. The molecule has 1 aromatic heterocycles. The van der Waals surface area contributed by atoms with E-state index in [4.69, 9.17) is 0 Å². The molecule has 0 aliphatic heterocycles. The summed E-state index contributed by atoms with van der Waals surface area (Å²) in [7, 11) is 0. The van der Waals surface area contributed by atoms with Crippen LogP contribution in [0.1, 0.15) is 23.4 Å². The highest BCUT2D eigenvalue weighted by Crippen LogP contribution is 2.25. The van der Waals surface area contributed by atoms with E-state index in [2.05, 4.69) is 20.6 Å². The van der Waals surface area contributed by atoms with Crippen molar-refractivity contribution in [2.24, 2.45) is 0 Å². The van der Waals surface area contributed by atoms with Crippen molar-refractivity contribution in [2.45, 2.75) is 31.8 Å². The summed E-state index contributed by atoms with van der Waals surface area (Å²) in [5.41, 5.74) is 5.53. The first-order valence-electron chi connectivity index (χ1n) is 9.16. The summed E-state index contributed by atoms with van der Waals surface area (Å²) < 4.78 is 0. The SMILES string of the molecule is CSc1nc(C)c(CCC(=O)Nc2ccccc2Nc2ccccc2)c(C)n1. The van der Waals surface area contributed by atoms with Crippen LogP contribution in [0.25, 0.3) is 0 Å². The number of nitrogens with zero attached hydrogens (tertiary/aromatic N) is 2. The van der Waals surface area contributed by atoms with Crippen LogP contribution in [-0.4, -0.2) is 22.1 Å². The molecule has 0 bridgehead atoms. The molecule has 3 aromatic rings. The van der Waals surface area contributed by atoms with Gasteiger partial charge in [-0.2, -0.15) is 0 Å². The Morgan fingerprint density at radius 3 is 2.18 bits per heavy atom. The van der Waals surface area contributed by atoms with Crippen LogP contribution < -0.4 is 10.6 Å². The Bertz CT molecular complexity index is 937. The minimum Gasteiger partial charge on any atom is -0.354 e. The van der Waals surface area contributed by atoms with E-state index >= 15 is 0 Å². The number of hydrogen-bond donors (Lipinski definition) is 2. The summed E-state index contributed by atoms with van der Waals surface area (Å²) in [5, 5.41) is 7.13. The Morgan fingerprint density at radius 1 is 0.929 bits per heavy atom. The Kier molecular flexibility index (Phi) is 6.66. The normalized spacial score (nSPS) is 10.5. The second-order valence-electron chi connectivity index (χ2n) is 6.44. The number of nitrogens with one attached hydrogen (secondary N) is 2. The van der Waals surface area contributed by atoms with Gasteiger partial charge in [-0.1, -0.05) is 42.1 Å². The lowest BCUT2D eigenvalue weighted by atomic mass is 10.1. The maximum absolute atomic E-state index is 12.6. The first kappa shape index (κ1) is 19.9. The smallest absolute Gasteiger partial charge is 0.224 e. The van der Waals surface area contributed by atoms with Crippen LogP contribution in [0.3, 0.4) is 0 Å². The second-order valence-corrected chi connectivity index (χ2v) is 7.22. The van der Waals surface area contributed by atoms with Crippen LogP contribution in [0.2, 0.25) is 0 Å². The number of benzene rings is 2. The van der Waals surface area contributed by atoms with Gasteiger partial charge in [0, 0.05) is 23.5 Å². The number of para-hydroxylation sites is 3. The number of hydrogen-bond acceptors (Lipinski definition) is 5. The van der Waals surface area contributed by atoms with Crippen molar-refractivity contribution in [3.8, 4) is 0 Å². The standard InChI is InChI=1S/C22H24N4OS/c1-15-18(16(2)24-22(23-15)28-3)13-14-21(27)26-20-12-8-7-11-19(20)25-17-9-5-4-6-10-17/h4-12,25H,13-14H2,1-3H3,(H,26,27). The zero-order chi connectivity index (χ0) is 19.9. The molecular formula is C22H24N4OS. The molecule has 28 heavy (non-hydrogen) atoms. The van der Waals surface area contributed by atoms with Crippen LogP contribution in [0, 0.1) is 13.8 Å². The van der Waals surface area contributed by atoms with Crippen molar-refractivity contribution in [3.05, 3.63) is 71.5 Å². The fourth-order valence-corrected chi connectivity index (χ4v) is 3.45. The highest BCUT2D eigenvalue weighted by Gasteiger charge is 2.12. The van der Waals surface area contributed by atoms with E-state index in [1.165, 1.54) is 11.8 Å². The molecule has 0 aliphatic carbocycles. The van der Waals surface area contributed by atoms with E-state index in [9.17, 15) is 4.79 Å². The summed E-state index contributed by atoms with van der Waals surface area (Å²) in [6.45, 7) is 3.95. The molecule has 5 nitrogen and oxygen atoms in total. The van der Waals surface area contributed by atoms with Gasteiger partial charge in [-0.3, -0.25) is 4.79 Å². The average Bonchev–Trinajstić information content (AvgIpc) is 2.69. The Morgan fingerprint density at radius 2 is 1.54 bits per heavy atom. The van der Waals surface area contributed by atoms with Gasteiger partial charge in [0.2, 0.25) is 5.91 Å². The van der Waals surface area contributed by atoms with Crippen molar-refractivity contribution in [2.75, 3.05) is 16.9 Å². The first-order chi connectivity index (χ1) is 13.6. The number of aryl methyl sites for hydroxylation is 2. The number of anilines is 3. The molecule has 0 atom stereocenters. The molecule has 1 amide bonds. The van der Waals surface area contributed by atoms with E-state index < -0.39 is 0 Å². The zero-order valence-corrected chi connectivity index (χ0v) is 17.1. The lowest BCUT2D eigenvalue weighted by Crippen LogP contribution is -2.14. The van der Waals surface area contributed by atoms with E-state index in [1.807, 2.05) is 74.7 Å². The highest BCUT2D eigenvalue weighted by molar-refractivity contribution is 7.98. The number of amides is 1. The maximum Gasteiger partial charge on any atom is 0.224 e. The number of carbonyl (C=O) groups excluding carboxylic acids is 1. The molecule has 0 radical (unpaired) electrons. The Labute approximate surface area is 170 Å². The Hall–Kier alpha value is -2.86. The third-order valence-electron chi connectivity index (χ3n) is 4.44. The topological polar surface area (TPSA) is 66.9 Å². The van der Waals surface area contributed by atoms with Crippen molar-refractivity contribution in [1.82, 2.24) is 9.97 Å². The molecule has 144 valence electrons. The minimum atomic E-state index is -0.0324. The quantitative estimate of drug-likeness (QED) is 0.431. The summed E-state index contributed by atoms with van der Waals surface area (Å²) in [6, 6.07) is 17.6. The van der Waals surface area contributed by atoms with Crippen LogP contribution in [0.15, 0.2) is 59.8 Å². The van der Waals surface area contributed by atoms with Gasteiger partial charge in [0.25, 0.3) is 0 Å². The van der Waals surface area contributed by atoms with Crippen LogP contribution in [0.5, 0.6) is 0 Å². The predicted molar refractivity (Wildman–Crippen MR) is 116 cm³/mol. The van der Waals surface area contributed by atoms with Crippen molar-refractivity contribution >= 4 is 34.7 Å². The van der Waals surface area contributed by atoms with E-state index in [-0.39, 0.29) is 5.91 Å².